The molecule has 2 aromatic heterocycles. The van der Waals surface area contributed by atoms with Crippen LogP contribution < -0.4 is 5.32 Å². The van der Waals surface area contributed by atoms with Gasteiger partial charge in [0.05, 0.1) is 4.47 Å². The average molecular weight is 325 g/mol. The molecule has 0 bridgehead atoms. The Balaban J connectivity index is 2.00. The zero-order chi connectivity index (χ0) is 13.1. The molecule has 0 radical (unpaired) electrons. The molecule has 0 aromatic carbocycles. The molecule has 4 heteroatoms. The summed E-state index contributed by atoms with van der Waals surface area (Å²) < 4.78 is 1.02. The van der Waals surface area contributed by atoms with Gasteiger partial charge in [-0.2, -0.15) is 0 Å². The first-order valence-corrected chi connectivity index (χ1v) is 7.59. The fourth-order valence-electron chi connectivity index (χ4n) is 1.82. The van der Waals surface area contributed by atoms with Gasteiger partial charge in [-0.1, -0.05) is 0 Å². The van der Waals surface area contributed by atoms with E-state index < -0.39 is 0 Å². The summed E-state index contributed by atoms with van der Waals surface area (Å²) in [6, 6.07) is 6.83. The Kier molecular flexibility index (Phi) is 4.40. The smallest absolute Gasteiger partial charge is 0.140 e. The van der Waals surface area contributed by atoms with Crippen molar-refractivity contribution < 1.29 is 0 Å². The fraction of sp³-hybridized carbons (Fsp3) is 0.357. The van der Waals surface area contributed by atoms with Gasteiger partial charge in [0.1, 0.15) is 5.82 Å². The molecule has 2 aromatic rings. The van der Waals surface area contributed by atoms with Crippen LogP contribution in [0.5, 0.6) is 0 Å². The molecule has 0 fully saturated rings. The van der Waals surface area contributed by atoms with E-state index in [9.17, 15) is 0 Å². The summed E-state index contributed by atoms with van der Waals surface area (Å²) >= 11 is 5.40. The maximum absolute atomic E-state index is 4.41. The van der Waals surface area contributed by atoms with Crippen LogP contribution in [0.2, 0.25) is 0 Å². The van der Waals surface area contributed by atoms with E-state index in [2.05, 4.69) is 58.3 Å². The van der Waals surface area contributed by atoms with Crippen LogP contribution in [0, 0.1) is 13.8 Å². The number of hydrogen-bond donors (Lipinski definition) is 1. The van der Waals surface area contributed by atoms with Crippen LogP contribution in [0.3, 0.4) is 0 Å². The molecule has 1 unspecified atom stereocenters. The predicted molar refractivity (Wildman–Crippen MR) is 82.5 cm³/mol. The SMILES string of the molecule is Cc1cnc(NC(C)Cc2ccc(C)s2)c(Br)c1. The highest BCUT2D eigenvalue weighted by Gasteiger charge is 2.08. The number of hydrogen-bond acceptors (Lipinski definition) is 3. The minimum absolute atomic E-state index is 0.370. The molecule has 0 saturated carbocycles. The number of nitrogens with one attached hydrogen (secondary N) is 1. The fourth-order valence-corrected chi connectivity index (χ4v) is 3.42. The molecule has 1 atom stereocenters. The highest BCUT2D eigenvalue weighted by atomic mass is 79.9. The molecule has 96 valence electrons. The summed E-state index contributed by atoms with van der Waals surface area (Å²) in [7, 11) is 0. The number of anilines is 1. The molecular weight excluding hydrogens is 308 g/mol. The zero-order valence-corrected chi connectivity index (χ0v) is 13.2. The van der Waals surface area contributed by atoms with E-state index in [1.807, 2.05) is 24.5 Å². The molecule has 18 heavy (non-hydrogen) atoms. The summed E-state index contributed by atoms with van der Waals surface area (Å²) in [5, 5.41) is 3.44. The van der Waals surface area contributed by atoms with E-state index in [4.69, 9.17) is 0 Å². The highest BCUT2D eigenvalue weighted by molar-refractivity contribution is 9.10. The van der Waals surface area contributed by atoms with Gasteiger partial charge in [-0.25, -0.2) is 4.98 Å². The van der Waals surface area contributed by atoms with Crippen molar-refractivity contribution in [2.24, 2.45) is 0 Å². The van der Waals surface area contributed by atoms with Crippen molar-refractivity contribution >= 4 is 33.1 Å². The molecule has 1 N–H and O–H groups in total. The molecule has 0 spiro atoms. The molecule has 0 amide bonds. The Morgan fingerprint density at radius 2 is 2.17 bits per heavy atom. The molecule has 0 aliphatic carbocycles. The van der Waals surface area contributed by atoms with Crippen LogP contribution in [0.4, 0.5) is 5.82 Å². The number of rotatable bonds is 4. The number of pyridine rings is 1. The van der Waals surface area contributed by atoms with Crippen LogP contribution in [0.1, 0.15) is 22.2 Å². The number of halogens is 1. The van der Waals surface area contributed by atoms with Gasteiger partial charge in [0.2, 0.25) is 0 Å². The maximum Gasteiger partial charge on any atom is 0.140 e. The summed E-state index contributed by atoms with van der Waals surface area (Å²) in [5.41, 5.74) is 1.16. The van der Waals surface area contributed by atoms with Gasteiger partial charge in [-0.05, 0) is 60.5 Å². The number of thiophene rings is 1. The minimum Gasteiger partial charge on any atom is -0.366 e. The average Bonchev–Trinajstić information content (AvgIpc) is 2.68. The van der Waals surface area contributed by atoms with E-state index in [1.54, 1.807) is 0 Å². The third kappa shape index (κ3) is 3.56. The Hall–Kier alpha value is -0.870. The van der Waals surface area contributed by atoms with Crippen molar-refractivity contribution in [1.29, 1.82) is 0 Å². The van der Waals surface area contributed by atoms with Crippen molar-refractivity contribution in [3.8, 4) is 0 Å². The Morgan fingerprint density at radius 3 is 2.78 bits per heavy atom. The van der Waals surface area contributed by atoms with Crippen molar-refractivity contribution in [2.75, 3.05) is 5.32 Å². The maximum atomic E-state index is 4.41. The lowest BCUT2D eigenvalue weighted by atomic mass is 10.2. The van der Waals surface area contributed by atoms with Gasteiger partial charge in [0.25, 0.3) is 0 Å². The van der Waals surface area contributed by atoms with Gasteiger partial charge >= 0.3 is 0 Å². The number of nitrogens with zero attached hydrogens (tertiary/aromatic N) is 1. The van der Waals surface area contributed by atoms with Crippen molar-refractivity contribution in [3.63, 3.8) is 0 Å². The van der Waals surface area contributed by atoms with Crippen LogP contribution in [0.15, 0.2) is 28.9 Å². The quantitative estimate of drug-likeness (QED) is 0.891. The van der Waals surface area contributed by atoms with Crippen molar-refractivity contribution in [3.05, 3.63) is 44.2 Å². The first-order chi connectivity index (χ1) is 8.54. The van der Waals surface area contributed by atoms with Gasteiger partial charge < -0.3 is 5.32 Å². The molecule has 2 rings (SSSR count). The Morgan fingerprint density at radius 1 is 1.39 bits per heavy atom. The standard InChI is InChI=1S/C14H17BrN2S/c1-9-6-13(15)14(16-8-9)17-10(2)7-12-5-4-11(3)18-12/h4-6,8,10H,7H2,1-3H3,(H,16,17). The van der Waals surface area contributed by atoms with Crippen LogP contribution in [0.25, 0.3) is 0 Å². The first kappa shape index (κ1) is 13.6. The first-order valence-electron chi connectivity index (χ1n) is 5.98. The third-order valence-corrected chi connectivity index (χ3v) is 4.29. The largest absolute Gasteiger partial charge is 0.366 e. The number of aryl methyl sites for hydroxylation is 2. The van der Waals surface area contributed by atoms with E-state index >= 15 is 0 Å². The molecule has 0 aliphatic heterocycles. The zero-order valence-electron chi connectivity index (χ0n) is 10.8. The van der Waals surface area contributed by atoms with Gasteiger partial charge in [0, 0.05) is 28.4 Å². The highest BCUT2D eigenvalue weighted by Crippen LogP contribution is 2.23. The second-order valence-electron chi connectivity index (χ2n) is 4.60. The van der Waals surface area contributed by atoms with Crippen molar-refractivity contribution in [2.45, 2.75) is 33.2 Å². The second kappa shape index (κ2) is 5.85. The lowest BCUT2D eigenvalue weighted by Gasteiger charge is -2.15. The lowest BCUT2D eigenvalue weighted by molar-refractivity contribution is 0.793. The summed E-state index contributed by atoms with van der Waals surface area (Å²) in [6.07, 6.45) is 2.91. The van der Waals surface area contributed by atoms with E-state index in [1.165, 1.54) is 9.75 Å². The topological polar surface area (TPSA) is 24.9 Å². The summed E-state index contributed by atoms with van der Waals surface area (Å²) in [5.74, 6) is 0.918. The van der Waals surface area contributed by atoms with Crippen LogP contribution >= 0.6 is 27.3 Å². The Labute approximate surface area is 121 Å². The lowest BCUT2D eigenvalue weighted by Crippen LogP contribution is -2.18. The molecular formula is C14H17BrN2S. The number of aromatic nitrogens is 1. The molecule has 2 heterocycles. The molecule has 0 saturated heterocycles. The van der Waals surface area contributed by atoms with Gasteiger partial charge in [0.15, 0.2) is 0 Å². The van der Waals surface area contributed by atoms with Crippen LogP contribution in [-0.4, -0.2) is 11.0 Å². The molecule has 0 aliphatic rings. The molecule has 2 nitrogen and oxygen atoms in total. The summed E-state index contributed by atoms with van der Waals surface area (Å²) in [4.78, 5) is 7.19. The monoisotopic (exact) mass is 324 g/mol. The van der Waals surface area contributed by atoms with E-state index in [0.29, 0.717) is 6.04 Å². The normalized spacial score (nSPS) is 12.4. The van der Waals surface area contributed by atoms with Crippen molar-refractivity contribution in [1.82, 2.24) is 4.98 Å². The predicted octanol–water partition coefficient (Wildman–Crippen LogP) is 4.57. The Bertz CT molecular complexity index is 536. The van der Waals surface area contributed by atoms with Gasteiger partial charge in [-0.3, -0.25) is 0 Å². The van der Waals surface area contributed by atoms with E-state index in [-0.39, 0.29) is 0 Å². The minimum atomic E-state index is 0.370. The second-order valence-corrected chi connectivity index (χ2v) is 6.83. The van der Waals surface area contributed by atoms with Crippen LogP contribution in [-0.2, 0) is 6.42 Å². The van der Waals surface area contributed by atoms with E-state index in [0.717, 1.165) is 22.3 Å². The van der Waals surface area contributed by atoms with Gasteiger partial charge in [-0.15, -0.1) is 11.3 Å². The third-order valence-electron chi connectivity index (χ3n) is 2.66. The summed E-state index contributed by atoms with van der Waals surface area (Å²) in [6.45, 7) is 6.37.